The predicted molar refractivity (Wildman–Crippen MR) is 83.0 cm³/mol. The number of non-ortho nitro benzene ring substituents is 1. The van der Waals surface area contributed by atoms with Crippen molar-refractivity contribution in [1.82, 2.24) is 0 Å². The molecule has 0 aliphatic rings. The van der Waals surface area contributed by atoms with E-state index in [9.17, 15) is 19.3 Å². The van der Waals surface area contributed by atoms with E-state index in [4.69, 9.17) is 4.74 Å². The molecule has 0 amide bonds. The Morgan fingerprint density at radius 2 is 1.96 bits per heavy atom. The summed E-state index contributed by atoms with van der Waals surface area (Å²) >= 11 is 0. The molecule has 2 aromatic carbocycles. The average Bonchev–Trinajstić information content (AvgIpc) is 2.53. The number of halogens is 1. The van der Waals surface area contributed by atoms with Crippen LogP contribution in [0.2, 0.25) is 0 Å². The van der Waals surface area contributed by atoms with Gasteiger partial charge < -0.3 is 4.74 Å². The van der Waals surface area contributed by atoms with E-state index in [0.29, 0.717) is 11.1 Å². The molecule has 0 aliphatic carbocycles. The molecule has 23 heavy (non-hydrogen) atoms. The summed E-state index contributed by atoms with van der Waals surface area (Å²) < 4.78 is 18.0. The Labute approximate surface area is 132 Å². The monoisotopic (exact) mass is 315 g/mol. The third kappa shape index (κ3) is 4.74. The maximum absolute atomic E-state index is 12.8. The van der Waals surface area contributed by atoms with Gasteiger partial charge in [-0.2, -0.15) is 0 Å². The molecule has 2 rings (SSSR count). The fourth-order valence-electron chi connectivity index (χ4n) is 1.92. The van der Waals surface area contributed by atoms with Crippen molar-refractivity contribution in [2.24, 2.45) is 0 Å². The zero-order valence-corrected chi connectivity index (χ0v) is 12.3. The number of hydrogen-bond donors (Lipinski definition) is 0. The second-order valence-electron chi connectivity index (χ2n) is 4.82. The van der Waals surface area contributed by atoms with Crippen LogP contribution in [0.5, 0.6) is 0 Å². The molecule has 6 heteroatoms. The summed E-state index contributed by atoms with van der Waals surface area (Å²) in [6, 6.07) is 11.6. The Bertz CT molecular complexity index is 741. The molecule has 0 saturated carbocycles. The Kier molecular flexibility index (Phi) is 5.19. The molecule has 0 aliphatic heterocycles. The van der Waals surface area contributed by atoms with Crippen molar-refractivity contribution in [3.8, 4) is 0 Å². The van der Waals surface area contributed by atoms with Crippen molar-refractivity contribution in [3.05, 3.63) is 81.7 Å². The summed E-state index contributed by atoms with van der Waals surface area (Å²) in [6.07, 6.45) is 2.10. The lowest BCUT2D eigenvalue weighted by Crippen LogP contribution is -2.06. The van der Waals surface area contributed by atoms with Gasteiger partial charge in [-0.15, -0.1) is 0 Å². The highest BCUT2D eigenvalue weighted by Crippen LogP contribution is 2.18. The van der Waals surface area contributed by atoms with Gasteiger partial charge in [-0.25, -0.2) is 9.18 Å². The van der Waals surface area contributed by atoms with Crippen LogP contribution >= 0.6 is 0 Å². The minimum atomic E-state index is -0.590. The fourth-order valence-corrected chi connectivity index (χ4v) is 1.92. The minimum Gasteiger partial charge on any atom is -0.455 e. The first-order valence-corrected chi connectivity index (χ1v) is 6.84. The Hall–Kier alpha value is -3.02. The molecule has 0 aromatic heterocycles. The van der Waals surface area contributed by atoms with E-state index < -0.39 is 17.0 Å². The van der Waals surface area contributed by atoms with E-state index in [0.717, 1.165) is 0 Å². The van der Waals surface area contributed by atoms with Crippen LogP contribution in [0.1, 0.15) is 24.2 Å². The molecule has 0 radical (unpaired) electrons. The molecule has 0 saturated heterocycles. The van der Waals surface area contributed by atoms with Gasteiger partial charge in [0.2, 0.25) is 0 Å². The summed E-state index contributed by atoms with van der Waals surface area (Å²) in [7, 11) is 0. The normalized spacial score (nSPS) is 12.1. The highest BCUT2D eigenvalue weighted by atomic mass is 19.1. The Balaban J connectivity index is 2.00. The number of nitro benzene ring substituents is 1. The largest absolute Gasteiger partial charge is 0.455 e. The number of nitrogens with zero attached hydrogens (tertiary/aromatic N) is 1. The van der Waals surface area contributed by atoms with Crippen molar-refractivity contribution in [3.63, 3.8) is 0 Å². The van der Waals surface area contributed by atoms with Crippen molar-refractivity contribution in [1.29, 1.82) is 0 Å². The lowest BCUT2D eigenvalue weighted by atomic mass is 10.1. The molecule has 118 valence electrons. The molecular formula is C17H14FNO4. The van der Waals surface area contributed by atoms with Gasteiger partial charge in [0, 0.05) is 18.2 Å². The Morgan fingerprint density at radius 3 is 2.61 bits per heavy atom. The summed E-state index contributed by atoms with van der Waals surface area (Å²) in [4.78, 5) is 21.9. The first kappa shape index (κ1) is 16.4. The maximum Gasteiger partial charge on any atom is 0.331 e. The Morgan fingerprint density at radius 1 is 1.26 bits per heavy atom. The van der Waals surface area contributed by atoms with E-state index in [1.165, 1.54) is 54.6 Å². The van der Waals surface area contributed by atoms with Crippen LogP contribution in [0.15, 0.2) is 54.6 Å². The number of carbonyl (C=O) groups is 1. The van der Waals surface area contributed by atoms with Crippen molar-refractivity contribution in [2.75, 3.05) is 0 Å². The molecule has 1 atom stereocenters. The lowest BCUT2D eigenvalue weighted by molar-refractivity contribution is -0.384. The van der Waals surface area contributed by atoms with Crippen molar-refractivity contribution >= 4 is 17.7 Å². The molecule has 0 fully saturated rings. The fraction of sp³-hybridized carbons (Fsp3) is 0.118. The number of carbonyl (C=O) groups excluding carboxylic acids is 1. The second-order valence-corrected chi connectivity index (χ2v) is 4.82. The number of hydrogen-bond acceptors (Lipinski definition) is 4. The van der Waals surface area contributed by atoms with Gasteiger partial charge in [0.25, 0.3) is 5.69 Å². The number of rotatable bonds is 5. The van der Waals surface area contributed by atoms with Gasteiger partial charge in [-0.05, 0) is 36.3 Å². The number of nitro groups is 1. The molecule has 5 nitrogen and oxygen atoms in total. The lowest BCUT2D eigenvalue weighted by Gasteiger charge is -2.11. The van der Waals surface area contributed by atoms with Gasteiger partial charge in [-0.1, -0.05) is 24.3 Å². The minimum absolute atomic E-state index is 0.0554. The third-order valence-electron chi connectivity index (χ3n) is 3.13. The van der Waals surface area contributed by atoms with E-state index in [2.05, 4.69) is 0 Å². The van der Waals surface area contributed by atoms with Crippen molar-refractivity contribution in [2.45, 2.75) is 13.0 Å². The van der Waals surface area contributed by atoms with Gasteiger partial charge in [0.1, 0.15) is 11.9 Å². The standard InChI is InChI=1S/C17H14FNO4/c1-12(14-6-8-15(18)9-7-14)23-17(20)10-5-13-3-2-4-16(11-13)19(21)22/h2-12H,1H3/b10-5+/t12-/m1/s1. The number of benzene rings is 2. The van der Waals surface area contributed by atoms with Crippen LogP contribution in [0, 0.1) is 15.9 Å². The van der Waals surface area contributed by atoms with E-state index in [1.54, 1.807) is 13.0 Å². The van der Waals surface area contributed by atoms with Gasteiger partial charge in [-0.3, -0.25) is 10.1 Å². The first-order chi connectivity index (χ1) is 11.0. The van der Waals surface area contributed by atoms with E-state index in [-0.39, 0.29) is 11.5 Å². The maximum atomic E-state index is 12.8. The van der Waals surface area contributed by atoms with Crippen molar-refractivity contribution < 1.29 is 18.8 Å². The van der Waals surface area contributed by atoms with Crippen LogP contribution in [-0.4, -0.2) is 10.9 Å². The van der Waals surface area contributed by atoms with Gasteiger partial charge in [0.05, 0.1) is 4.92 Å². The predicted octanol–water partition coefficient (Wildman–Crippen LogP) is 4.05. The average molecular weight is 315 g/mol. The van der Waals surface area contributed by atoms with Crippen LogP contribution < -0.4 is 0 Å². The molecule has 0 bridgehead atoms. The molecule has 2 aromatic rings. The second kappa shape index (κ2) is 7.31. The topological polar surface area (TPSA) is 69.4 Å². The van der Waals surface area contributed by atoms with Gasteiger partial charge >= 0.3 is 5.97 Å². The summed E-state index contributed by atoms with van der Waals surface area (Å²) in [6.45, 7) is 1.67. The molecular weight excluding hydrogens is 301 g/mol. The third-order valence-corrected chi connectivity index (χ3v) is 3.13. The SMILES string of the molecule is C[C@@H](OC(=O)/C=C/c1cccc([N+](=O)[O-])c1)c1ccc(F)cc1. The smallest absolute Gasteiger partial charge is 0.331 e. The molecule has 0 N–H and O–H groups in total. The summed E-state index contributed by atoms with van der Waals surface area (Å²) in [5.74, 6) is -0.953. The van der Waals surface area contributed by atoms with Crippen LogP contribution in [0.3, 0.4) is 0 Å². The summed E-state index contributed by atoms with van der Waals surface area (Å²) in [5, 5.41) is 10.7. The zero-order valence-electron chi connectivity index (χ0n) is 12.3. The molecule has 0 unspecified atom stereocenters. The summed E-state index contributed by atoms with van der Waals surface area (Å²) in [5.41, 5.74) is 1.13. The molecule has 0 spiro atoms. The van der Waals surface area contributed by atoms with Crippen LogP contribution in [0.25, 0.3) is 6.08 Å². The van der Waals surface area contributed by atoms with Crippen LogP contribution in [0.4, 0.5) is 10.1 Å². The number of esters is 1. The highest BCUT2D eigenvalue weighted by Gasteiger charge is 2.10. The zero-order chi connectivity index (χ0) is 16.8. The van der Waals surface area contributed by atoms with Crippen LogP contribution in [-0.2, 0) is 9.53 Å². The quantitative estimate of drug-likeness (QED) is 0.361. The van der Waals surface area contributed by atoms with E-state index >= 15 is 0 Å². The molecule has 0 heterocycles. The van der Waals surface area contributed by atoms with E-state index in [1.807, 2.05) is 0 Å². The van der Waals surface area contributed by atoms with Gasteiger partial charge in [0.15, 0.2) is 0 Å². The number of ether oxygens (including phenoxy) is 1. The first-order valence-electron chi connectivity index (χ1n) is 6.84. The highest BCUT2D eigenvalue weighted by molar-refractivity contribution is 5.87.